The second-order valence-corrected chi connectivity index (χ2v) is 5.04. The predicted molar refractivity (Wildman–Crippen MR) is 97.2 cm³/mol. The van der Waals surface area contributed by atoms with E-state index in [0.717, 1.165) is 25.6 Å². The summed E-state index contributed by atoms with van der Waals surface area (Å²) in [5.41, 5.74) is 3.02. The van der Waals surface area contributed by atoms with Crippen LogP contribution in [0.3, 0.4) is 0 Å². The molecule has 3 nitrogen and oxygen atoms in total. The van der Waals surface area contributed by atoms with Gasteiger partial charge in [0.1, 0.15) is 0 Å². The Morgan fingerprint density at radius 1 is 1.20 bits per heavy atom. The first kappa shape index (κ1) is 17.3. The fourth-order valence-corrected chi connectivity index (χ4v) is 2.75. The molecule has 20 heavy (non-hydrogen) atoms. The highest BCUT2D eigenvalue weighted by atomic mass is 127. The van der Waals surface area contributed by atoms with E-state index < -0.39 is 0 Å². The Labute approximate surface area is 139 Å². The normalized spacial score (nSPS) is 16.6. The summed E-state index contributed by atoms with van der Waals surface area (Å²) >= 11 is 0. The quantitative estimate of drug-likeness (QED) is 0.473. The van der Waals surface area contributed by atoms with Gasteiger partial charge in [0, 0.05) is 25.6 Å². The first-order chi connectivity index (χ1) is 9.35. The first-order valence-electron chi connectivity index (χ1n) is 7.45. The monoisotopic (exact) mass is 387 g/mol. The van der Waals surface area contributed by atoms with Gasteiger partial charge in [-0.2, -0.15) is 0 Å². The molecule has 0 spiro atoms. The van der Waals surface area contributed by atoms with Crippen LogP contribution in [0.2, 0.25) is 0 Å². The van der Waals surface area contributed by atoms with Gasteiger partial charge in [0.2, 0.25) is 0 Å². The van der Waals surface area contributed by atoms with Crippen LogP contribution in [0.15, 0.2) is 29.3 Å². The first-order valence-corrected chi connectivity index (χ1v) is 7.45. The van der Waals surface area contributed by atoms with E-state index in [9.17, 15) is 0 Å². The molecule has 0 saturated heterocycles. The van der Waals surface area contributed by atoms with Gasteiger partial charge in [0.15, 0.2) is 5.96 Å². The zero-order valence-electron chi connectivity index (χ0n) is 12.5. The lowest BCUT2D eigenvalue weighted by molar-refractivity contribution is 0.559. The van der Waals surface area contributed by atoms with Crippen LogP contribution in [0.25, 0.3) is 0 Å². The van der Waals surface area contributed by atoms with Gasteiger partial charge >= 0.3 is 0 Å². The molecule has 1 aromatic carbocycles. The van der Waals surface area contributed by atoms with Crippen molar-refractivity contribution in [1.29, 1.82) is 0 Å². The van der Waals surface area contributed by atoms with Crippen LogP contribution in [0, 0.1) is 0 Å². The van der Waals surface area contributed by atoms with E-state index >= 15 is 0 Å². The van der Waals surface area contributed by atoms with Crippen molar-refractivity contribution >= 4 is 29.9 Å². The number of halogens is 1. The van der Waals surface area contributed by atoms with Crippen LogP contribution in [-0.4, -0.2) is 25.6 Å². The summed E-state index contributed by atoms with van der Waals surface area (Å²) in [6.45, 7) is 6.90. The van der Waals surface area contributed by atoms with Crippen LogP contribution in [0.1, 0.15) is 43.7 Å². The molecule has 0 radical (unpaired) electrons. The molecule has 1 atom stereocenters. The van der Waals surface area contributed by atoms with Gasteiger partial charge in [-0.15, -0.1) is 24.0 Å². The van der Waals surface area contributed by atoms with Crippen LogP contribution in [0.5, 0.6) is 0 Å². The van der Waals surface area contributed by atoms with Crippen molar-refractivity contribution in [2.75, 3.05) is 19.6 Å². The Bertz CT molecular complexity index is 423. The standard InChI is InChI=1S/C16H25N3.HI/c1-3-17-16(18-4-2)19-12-14-10-7-9-13-8-5-6-11-15(13)14;/h5-6,8,11,14H,3-4,7,9-10,12H2,1-2H3,(H2,17,18,19);1H. The number of nitrogens with one attached hydrogen (secondary N) is 2. The molecular weight excluding hydrogens is 361 g/mol. The fourth-order valence-electron chi connectivity index (χ4n) is 2.75. The maximum Gasteiger partial charge on any atom is 0.191 e. The number of aryl methyl sites for hydroxylation is 1. The number of rotatable bonds is 4. The van der Waals surface area contributed by atoms with E-state index in [1.165, 1.54) is 30.4 Å². The average molecular weight is 387 g/mol. The Balaban J connectivity index is 0.00000200. The van der Waals surface area contributed by atoms with Gasteiger partial charge in [0.25, 0.3) is 0 Å². The summed E-state index contributed by atoms with van der Waals surface area (Å²) in [7, 11) is 0. The molecule has 1 aliphatic rings. The van der Waals surface area contributed by atoms with Crippen LogP contribution >= 0.6 is 24.0 Å². The molecule has 0 heterocycles. The van der Waals surface area contributed by atoms with Crippen molar-refractivity contribution < 1.29 is 0 Å². The van der Waals surface area contributed by atoms with Crippen molar-refractivity contribution in [3.8, 4) is 0 Å². The Morgan fingerprint density at radius 2 is 1.90 bits per heavy atom. The molecule has 2 N–H and O–H groups in total. The lowest BCUT2D eigenvalue weighted by Gasteiger charge is -2.24. The third kappa shape index (κ3) is 4.65. The summed E-state index contributed by atoms with van der Waals surface area (Å²) in [5.74, 6) is 1.52. The topological polar surface area (TPSA) is 36.4 Å². The summed E-state index contributed by atoms with van der Waals surface area (Å²) in [6.07, 6.45) is 3.77. The molecule has 0 amide bonds. The largest absolute Gasteiger partial charge is 0.357 e. The molecule has 2 rings (SSSR count). The third-order valence-corrected chi connectivity index (χ3v) is 3.65. The zero-order chi connectivity index (χ0) is 13.5. The Hall–Kier alpha value is -0.780. The average Bonchev–Trinajstić information content (AvgIpc) is 2.45. The van der Waals surface area contributed by atoms with E-state index in [4.69, 9.17) is 4.99 Å². The molecule has 0 aromatic heterocycles. The fraction of sp³-hybridized carbons (Fsp3) is 0.562. The molecular formula is C16H26IN3. The van der Waals surface area contributed by atoms with Gasteiger partial charge in [-0.05, 0) is 44.2 Å². The number of benzene rings is 1. The number of fused-ring (bicyclic) bond motifs is 1. The highest BCUT2D eigenvalue weighted by Gasteiger charge is 2.19. The minimum absolute atomic E-state index is 0. The minimum atomic E-state index is 0. The minimum Gasteiger partial charge on any atom is -0.357 e. The van der Waals surface area contributed by atoms with E-state index in [1.54, 1.807) is 0 Å². The molecule has 4 heteroatoms. The zero-order valence-corrected chi connectivity index (χ0v) is 14.8. The molecule has 0 saturated carbocycles. The number of nitrogens with zero attached hydrogens (tertiary/aromatic N) is 1. The lowest BCUT2D eigenvalue weighted by Crippen LogP contribution is -2.37. The third-order valence-electron chi connectivity index (χ3n) is 3.65. The van der Waals surface area contributed by atoms with E-state index in [1.807, 2.05) is 0 Å². The van der Waals surface area contributed by atoms with Crippen LogP contribution in [0.4, 0.5) is 0 Å². The van der Waals surface area contributed by atoms with Crippen LogP contribution < -0.4 is 10.6 Å². The number of aliphatic imine (C=N–C) groups is 1. The Kier molecular flexibility index (Phi) is 7.95. The predicted octanol–water partition coefficient (Wildman–Crippen LogP) is 3.30. The lowest BCUT2D eigenvalue weighted by atomic mass is 9.83. The number of hydrogen-bond acceptors (Lipinski definition) is 1. The number of guanidine groups is 1. The molecule has 1 aliphatic carbocycles. The smallest absolute Gasteiger partial charge is 0.191 e. The second-order valence-electron chi connectivity index (χ2n) is 5.04. The second kappa shape index (κ2) is 9.21. The summed E-state index contributed by atoms with van der Waals surface area (Å²) < 4.78 is 0. The highest BCUT2D eigenvalue weighted by Crippen LogP contribution is 2.31. The van der Waals surface area contributed by atoms with Crippen LogP contribution in [-0.2, 0) is 6.42 Å². The molecule has 112 valence electrons. The molecule has 1 aromatic rings. The van der Waals surface area contributed by atoms with Gasteiger partial charge in [0.05, 0.1) is 0 Å². The van der Waals surface area contributed by atoms with Crippen molar-refractivity contribution in [2.24, 2.45) is 4.99 Å². The van der Waals surface area contributed by atoms with Crippen molar-refractivity contribution in [1.82, 2.24) is 10.6 Å². The summed E-state index contributed by atoms with van der Waals surface area (Å²) in [6, 6.07) is 8.83. The van der Waals surface area contributed by atoms with Gasteiger partial charge < -0.3 is 10.6 Å². The SMILES string of the molecule is CCNC(=NCC1CCCc2ccccc21)NCC.I. The summed E-state index contributed by atoms with van der Waals surface area (Å²) in [4.78, 5) is 4.72. The molecule has 0 fully saturated rings. The van der Waals surface area contributed by atoms with E-state index in [2.05, 4.69) is 48.7 Å². The summed E-state index contributed by atoms with van der Waals surface area (Å²) in [5, 5.41) is 6.57. The molecule has 0 bridgehead atoms. The van der Waals surface area contributed by atoms with Gasteiger partial charge in [-0.1, -0.05) is 24.3 Å². The van der Waals surface area contributed by atoms with E-state index in [-0.39, 0.29) is 24.0 Å². The van der Waals surface area contributed by atoms with Gasteiger partial charge in [-0.3, -0.25) is 4.99 Å². The highest BCUT2D eigenvalue weighted by molar-refractivity contribution is 14.0. The maximum absolute atomic E-state index is 4.72. The van der Waals surface area contributed by atoms with Gasteiger partial charge in [-0.25, -0.2) is 0 Å². The van der Waals surface area contributed by atoms with Crippen molar-refractivity contribution in [3.63, 3.8) is 0 Å². The Morgan fingerprint density at radius 3 is 2.60 bits per heavy atom. The molecule has 1 unspecified atom stereocenters. The maximum atomic E-state index is 4.72. The van der Waals surface area contributed by atoms with Crippen molar-refractivity contribution in [2.45, 2.75) is 39.0 Å². The van der Waals surface area contributed by atoms with Crippen molar-refractivity contribution in [3.05, 3.63) is 35.4 Å². The number of hydrogen-bond donors (Lipinski definition) is 2. The molecule has 0 aliphatic heterocycles. The van der Waals surface area contributed by atoms with E-state index in [0.29, 0.717) is 5.92 Å².